The summed E-state index contributed by atoms with van der Waals surface area (Å²) < 4.78 is 19.2. The predicted octanol–water partition coefficient (Wildman–Crippen LogP) is 5.24. The number of aryl methyl sites for hydroxylation is 1. The summed E-state index contributed by atoms with van der Waals surface area (Å²) in [5.41, 5.74) is 4.22. The Bertz CT molecular complexity index is 762. The SMILES string of the molecule is C=CC(O)c1cc2c(c(OCc3ccc(F)cc3)c1)C(C)(C)CCC2. The van der Waals surface area contributed by atoms with Gasteiger partial charge in [0.25, 0.3) is 0 Å². The Hall–Kier alpha value is -2.13. The van der Waals surface area contributed by atoms with Crippen molar-refractivity contribution in [1.29, 1.82) is 0 Å². The molecule has 0 heterocycles. The summed E-state index contributed by atoms with van der Waals surface area (Å²) in [5.74, 6) is 0.556. The summed E-state index contributed by atoms with van der Waals surface area (Å²) in [6.07, 6.45) is 4.05. The molecule has 0 radical (unpaired) electrons. The van der Waals surface area contributed by atoms with Gasteiger partial charge in [-0.2, -0.15) is 0 Å². The van der Waals surface area contributed by atoms with Crippen LogP contribution in [-0.4, -0.2) is 5.11 Å². The van der Waals surface area contributed by atoms with Gasteiger partial charge in [0.05, 0.1) is 6.10 Å². The molecule has 2 aromatic carbocycles. The lowest BCUT2D eigenvalue weighted by atomic mass is 9.71. The summed E-state index contributed by atoms with van der Waals surface area (Å²) in [7, 11) is 0. The second-order valence-electron chi connectivity index (χ2n) is 7.39. The van der Waals surface area contributed by atoms with Gasteiger partial charge >= 0.3 is 0 Å². The number of rotatable bonds is 5. The molecular formula is C22H25FO2. The van der Waals surface area contributed by atoms with E-state index in [9.17, 15) is 9.50 Å². The Balaban J connectivity index is 1.97. The van der Waals surface area contributed by atoms with Crippen LogP contribution in [0.5, 0.6) is 5.75 Å². The number of ether oxygens (including phenoxy) is 1. The minimum absolute atomic E-state index is 0.0311. The first-order chi connectivity index (χ1) is 11.9. The van der Waals surface area contributed by atoms with Crippen molar-refractivity contribution in [2.75, 3.05) is 0 Å². The van der Waals surface area contributed by atoms with E-state index in [2.05, 4.69) is 26.5 Å². The van der Waals surface area contributed by atoms with E-state index in [-0.39, 0.29) is 11.2 Å². The van der Waals surface area contributed by atoms with Crippen molar-refractivity contribution >= 4 is 0 Å². The molecule has 0 saturated heterocycles. The van der Waals surface area contributed by atoms with E-state index in [1.807, 2.05) is 6.07 Å². The molecule has 0 spiro atoms. The van der Waals surface area contributed by atoms with Crippen LogP contribution in [0.3, 0.4) is 0 Å². The number of aliphatic hydroxyl groups excluding tert-OH is 1. The summed E-state index contributed by atoms with van der Waals surface area (Å²) in [6, 6.07) is 10.3. The van der Waals surface area contributed by atoms with Crippen LogP contribution in [0.1, 0.15) is 55.0 Å². The van der Waals surface area contributed by atoms with Crippen molar-refractivity contribution in [3.8, 4) is 5.75 Å². The van der Waals surface area contributed by atoms with Gasteiger partial charge in [0.2, 0.25) is 0 Å². The molecule has 1 N–H and O–H groups in total. The van der Waals surface area contributed by atoms with Crippen LogP contribution in [0, 0.1) is 5.82 Å². The molecule has 132 valence electrons. The molecule has 1 unspecified atom stereocenters. The van der Waals surface area contributed by atoms with Crippen molar-refractivity contribution in [3.05, 3.63) is 77.1 Å². The summed E-state index contributed by atoms with van der Waals surface area (Å²) in [5, 5.41) is 10.2. The molecule has 25 heavy (non-hydrogen) atoms. The van der Waals surface area contributed by atoms with Gasteiger partial charge in [0.1, 0.15) is 18.2 Å². The van der Waals surface area contributed by atoms with Gasteiger partial charge in [0, 0.05) is 5.56 Å². The quantitative estimate of drug-likeness (QED) is 0.755. The first-order valence-electron chi connectivity index (χ1n) is 8.76. The maximum atomic E-state index is 13.1. The summed E-state index contributed by atoms with van der Waals surface area (Å²) in [4.78, 5) is 0. The van der Waals surface area contributed by atoms with Gasteiger partial charge in [-0.15, -0.1) is 6.58 Å². The summed E-state index contributed by atoms with van der Waals surface area (Å²) in [6.45, 7) is 8.53. The number of hydrogen-bond acceptors (Lipinski definition) is 2. The molecule has 3 rings (SSSR count). The van der Waals surface area contributed by atoms with E-state index in [0.717, 1.165) is 36.1 Å². The van der Waals surface area contributed by atoms with Crippen LogP contribution < -0.4 is 4.74 Å². The van der Waals surface area contributed by atoms with Crippen LogP contribution in [0.25, 0.3) is 0 Å². The zero-order valence-electron chi connectivity index (χ0n) is 14.9. The monoisotopic (exact) mass is 340 g/mol. The van der Waals surface area contributed by atoms with E-state index in [1.165, 1.54) is 29.3 Å². The van der Waals surface area contributed by atoms with Crippen LogP contribution in [0.4, 0.5) is 4.39 Å². The fourth-order valence-corrected chi connectivity index (χ4v) is 3.67. The minimum Gasteiger partial charge on any atom is -0.489 e. The first-order valence-corrected chi connectivity index (χ1v) is 8.76. The molecule has 1 atom stereocenters. The van der Waals surface area contributed by atoms with Gasteiger partial charge < -0.3 is 9.84 Å². The molecule has 2 nitrogen and oxygen atoms in total. The highest BCUT2D eigenvalue weighted by Gasteiger charge is 2.31. The molecule has 2 aromatic rings. The van der Waals surface area contributed by atoms with Gasteiger partial charge in [0.15, 0.2) is 0 Å². The summed E-state index contributed by atoms with van der Waals surface area (Å²) >= 11 is 0. The third-order valence-corrected chi connectivity index (χ3v) is 5.00. The lowest BCUT2D eigenvalue weighted by Crippen LogP contribution is -2.25. The van der Waals surface area contributed by atoms with Gasteiger partial charge in [-0.05, 0) is 59.6 Å². The van der Waals surface area contributed by atoms with Gasteiger partial charge in [-0.3, -0.25) is 0 Å². The molecule has 0 aliphatic heterocycles. The van der Waals surface area contributed by atoms with Crippen molar-refractivity contribution < 1.29 is 14.2 Å². The lowest BCUT2D eigenvalue weighted by Gasteiger charge is -2.35. The highest BCUT2D eigenvalue weighted by Crippen LogP contribution is 2.44. The van der Waals surface area contributed by atoms with Crippen LogP contribution >= 0.6 is 0 Å². The molecule has 0 fully saturated rings. The zero-order chi connectivity index (χ0) is 18.0. The van der Waals surface area contributed by atoms with E-state index >= 15 is 0 Å². The highest BCUT2D eigenvalue weighted by atomic mass is 19.1. The lowest BCUT2D eigenvalue weighted by molar-refractivity contribution is 0.226. The van der Waals surface area contributed by atoms with E-state index in [0.29, 0.717) is 6.61 Å². The van der Waals surface area contributed by atoms with Gasteiger partial charge in [-0.1, -0.05) is 38.1 Å². The van der Waals surface area contributed by atoms with Crippen molar-refractivity contribution in [3.63, 3.8) is 0 Å². The van der Waals surface area contributed by atoms with Crippen molar-refractivity contribution in [2.24, 2.45) is 0 Å². The predicted molar refractivity (Wildman–Crippen MR) is 98.3 cm³/mol. The van der Waals surface area contributed by atoms with Crippen LogP contribution in [-0.2, 0) is 18.4 Å². The minimum atomic E-state index is -0.705. The smallest absolute Gasteiger partial charge is 0.124 e. The molecule has 1 aliphatic rings. The van der Waals surface area contributed by atoms with Crippen molar-refractivity contribution in [1.82, 2.24) is 0 Å². The molecule has 3 heteroatoms. The average Bonchev–Trinajstić information content (AvgIpc) is 2.59. The van der Waals surface area contributed by atoms with Crippen LogP contribution in [0.15, 0.2) is 49.1 Å². The topological polar surface area (TPSA) is 29.5 Å². The molecular weight excluding hydrogens is 315 g/mol. The highest BCUT2D eigenvalue weighted by molar-refractivity contribution is 5.50. The number of halogens is 1. The standard InChI is InChI=1S/C22H25FO2/c1-4-19(24)17-12-16-6-5-11-22(2,3)21(16)20(13-17)25-14-15-7-9-18(23)10-8-15/h4,7-10,12-13,19,24H,1,5-6,11,14H2,2-3H3. The fraction of sp³-hybridized carbons (Fsp3) is 0.364. The molecule has 0 saturated carbocycles. The van der Waals surface area contributed by atoms with E-state index in [1.54, 1.807) is 12.1 Å². The number of benzene rings is 2. The third kappa shape index (κ3) is 3.77. The second-order valence-corrected chi connectivity index (χ2v) is 7.39. The first kappa shape index (κ1) is 17.7. The Morgan fingerprint density at radius 2 is 2.00 bits per heavy atom. The molecule has 1 aliphatic carbocycles. The average molecular weight is 340 g/mol. The Morgan fingerprint density at radius 1 is 1.28 bits per heavy atom. The number of fused-ring (bicyclic) bond motifs is 1. The maximum absolute atomic E-state index is 13.1. The number of hydrogen-bond donors (Lipinski definition) is 1. The Labute approximate surface area is 149 Å². The maximum Gasteiger partial charge on any atom is 0.124 e. The van der Waals surface area contributed by atoms with E-state index < -0.39 is 6.10 Å². The van der Waals surface area contributed by atoms with Crippen molar-refractivity contribution in [2.45, 2.75) is 51.2 Å². The Morgan fingerprint density at radius 3 is 2.68 bits per heavy atom. The van der Waals surface area contributed by atoms with Crippen LogP contribution in [0.2, 0.25) is 0 Å². The third-order valence-electron chi connectivity index (χ3n) is 5.00. The largest absolute Gasteiger partial charge is 0.489 e. The second kappa shape index (κ2) is 7.01. The normalized spacial score (nSPS) is 16.8. The van der Waals surface area contributed by atoms with E-state index in [4.69, 9.17) is 4.74 Å². The molecule has 0 amide bonds. The molecule has 0 aromatic heterocycles. The number of aliphatic hydroxyl groups is 1. The fourth-order valence-electron chi connectivity index (χ4n) is 3.67. The molecule has 0 bridgehead atoms. The zero-order valence-corrected chi connectivity index (χ0v) is 14.9. The Kier molecular flexibility index (Phi) is 4.96. The van der Waals surface area contributed by atoms with Gasteiger partial charge in [-0.25, -0.2) is 4.39 Å².